The second kappa shape index (κ2) is 9.13. The molecule has 1 amide bonds. The largest absolute Gasteiger partial charge is 0.490 e. The van der Waals surface area contributed by atoms with E-state index in [0.717, 1.165) is 43.8 Å². The second-order valence-corrected chi connectivity index (χ2v) is 7.99. The van der Waals surface area contributed by atoms with Crippen molar-refractivity contribution >= 4 is 11.9 Å². The number of rotatable bonds is 3. The number of hydrogen-bond donors (Lipinski definition) is 1. The molecule has 0 aliphatic carbocycles. The summed E-state index contributed by atoms with van der Waals surface area (Å²) in [5.74, 6) is -2.00. The van der Waals surface area contributed by atoms with Crippen LogP contribution in [0.1, 0.15) is 28.8 Å². The average Bonchev–Trinajstić information content (AvgIpc) is 2.59. The number of carboxylic acids is 1. The molecule has 0 radical (unpaired) electrons. The number of likely N-dealkylation sites (tertiary alicyclic amines) is 1. The van der Waals surface area contributed by atoms with Crippen LogP contribution in [0.25, 0.3) is 0 Å². The Morgan fingerprint density at radius 2 is 1.93 bits per heavy atom. The fourth-order valence-corrected chi connectivity index (χ4v) is 3.58. The van der Waals surface area contributed by atoms with Crippen molar-refractivity contribution in [2.24, 2.45) is 5.92 Å². The highest BCUT2D eigenvalue weighted by Crippen LogP contribution is 2.36. The Balaban J connectivity index is 0.000000370. The van der Waals surface area contributed by atoms with E-state index in [1.807, 2.05) is 36.1 Å². The van der Waals surface area contributed by atoms with Gasteiger partial charge in [-0.15, -0.1) is 0 Å². The van der Waals surface area contributed by atoms with Crippen LogP contribution in [-0.4, -0.2) is 78.9 Å². The zero-order valence-electron chi connectivity index (χ0n) is 16.8. The van der Waals surface area contributed by atoms with Crippen LogP contribution in [0.2, 0.25) is 0 Å². The van der Waals surface area contributed by atoms with Crippen LogP contribution in [0, 0.1) is 12.8 Å². The monoisotopic (exact) mass is 416 g/mol. The maximum atomic E-state index is 12.5. The second-order valence-electron chi connectivity index (χ2n) is 7.99. The summed E-state index contributed by atoms with van der Waals surface area (Å²) in [6.45, 7) is 5.42. The quantitative estimate of drug-likeness (QED) is 0.821. The highest BCUT2D eigenvalue weighted by atomic mass is 19.4. The van der Waals surface area contributed by atoms with E-state index in [2.05, 4.69) is 19.0 Å². The van der Waals surface area contributed by atoms with Crippen molar-refractivity contribution in [1.82, 2.24) is 9.80 Å². The summed E-state index contributed by atoms with van der Waals surface area (Å²) in [5, 5.41) is 7.12. The van der Waals surface area contributed by atoms with Crippen LogP contribution in [0.15, 0.2) is 24.3 Å². The molecular formula is C20H27F3N2O4. The Labute approximate surface area is 168 Å². The SMILES string of the molecule is Cc1cccc(C(=O)N2CC3(CCC(CN(C)C)CO3)C2)c1.O=C(O)C(F)(F)F. The van der Waals surface area contributed by atoms with Crippen LogP contribution in [0.3, 0.4) is 0 Å². The van der Waals surface area contributed by atoms with Crippen molar-refractivity contribution in [3.8, 4) is 0 Å². The summed E-state index contributed by atoms with van der Waals surface area (Å²) in [6, 6.07) is 7.82. The number of alkyl halides is 3. The first-order valence-electron chi connectivity index (χ1n) is 9.37. The number of amides is 1. The van der Waals surface area contributed by atoms with Crippen molar-refractivity contribution in [1.29, 1.82) is 0 Å². The van der Waals surface area contributed by atoms with E-state index in [9.17, 15) is 18.0 Å². The molecule has 2 saturated heterocycles. The maximum absolute atomic E-state index is 12.5. The van der Waals surface area contributed by atoms with Crippen LogP contribution in [0.5, 0.6) is 0 Å². The minimum absolute atomic E-state index is 0.0672. The number of aliphatic carboxylic acids is 1. The van der Waals surface area contributed by atoms with Crippen LogP contribution >= 0.6 is 0 Å². The van der Waals surface area contributed by atoms with Crippen LogP contribution < -0.4 is 0 Å². The molecule has 162 valence electrons. The highest BCUT2D eigenvalue weighted by Gasteiger charge is 2.48. The van der Waals surface area contributed by atoms with E-state index in [1.54, 1.807) is 0 Å². The molecule has 1 unspecified atom stereocenters. The lowest BCUT2D eigenvalue weighted by molar-refractivity contribution is -0.192. The van der Waals surface area contributed by atoms with Gasteiger partial charge in [0.1, 0.15) is 5.60 Å². The zero-order chi connectivity index (χ0) is 21.8. The molecule has 2 heterocycles. The van der Waals surface area contributed by atoms with Gasteiger partial charge in [0.25, 0.3) is 5.91 Å². The highest BCUT2D eigenvalue weighted by molar-refractivity contribution is 5.95. The van der Waals surface area contributed by atoms with E-state index < -0.39 is 12.1 Å². The van der Waals surface area contributed by atoms with E-state index in [-0.39, 0.29) is 11.5 Å². The predicted molar refractivity (Wildman–Crippen MR) is 101 cm³/mol. The molecule has 1 spiro atoms. The molecule has 0 aromatic heterocycles. The molecule has 1 N–H and O–H groups in total. The molecule has 2 fully saturated rings. The average molecular weight is 416 g/mol. The third kappa shape index (κ3) is 6.43. The molecule has 3 rings (SSSR count). The number of benzene rings is 1. The van der Waals surface area contributed by atoms with E-state index in [0.29, 0.717) is 5.92 Å². The lowest BCUT2D eigenvalue weighted by Gasteiger charge is -2.53. The summed E-state index contributed by atoms with van der Waals surface area (Å²) in [5.41, 5.74) is 1.85. The predicted octanol–water partition coefficient (Wildman–Crippen LogP) is 2.81. The van der Waals surface area contributed by atoms with Crippen LogP contribution in [0.4, 0.5) is 13.2 Å². The molecule has 1 atom stereocenters. The van der Waals surface area contributed by atoms with Crippen molar-refractivity contribution in [2.45, 2.75) is 31.5 Å². The third-order valence-corrected chi connectivity index (χ3v) is 5.01. The van der Waals surface area contributed by atoms with Gasteiger partial charge in [0.15, 0.2) is 0 Å². The standard InChI is InChI=1S/C18H26N2O2.C2HF3O2/c1-14-5-4-6-16(9-14)17(21)20-12-18(13-20)8-7-15(11-22-18)10-19(2)3;3-2(4,5)1(6)7/h4-6,9,15H,7-8,10-13H2,1-3H3;(H,6,7). The lowest BCUT2D eigenvalue weighted by Crippen LogP contribution is -2.66. The number of aryl methyl sites for hydroxylation is 1. The minimum atomic E-state index is -5.08. The molecule has 29 heavy (non-hydrogen) atoms. The number of nitrogens with zero attached hydrogens (tertiary/aromatic N) is 2. The summed E-state index contributed by atoms with van der Waals surface area (Å²) in [7, 11) is 4.21. The number of carboxylic acid groups (broad SMARTS) is 1. The summed E-state index contributed by atoms with van der Waals surface area (Å²) >= 11 is 0. The van der Waals surface area contributed by atoms with Gasteiger partial charge in [-0.3, -0.25) is 4.79 Å². The molecule has 2 aliphatic rings. The summed E-state index contributed by atoms with van der Waals surface area (Å²) < 4.78 is 37.9. The first-order valence-corrected chi connectivity index (χ1v) is 9.37. The minimum Gasteiger partial charge on any atom is -0.475 e. The maximum Gasteiger partial charge on any atom is 0.490 e. The van der Waals surface area contributed by atoms with Gasteiger partial charge in [0.2, 0.25) is 0 Å². The number of carbonyl (C=O) groups is 2. The van der Waals surface area contributed by atoms with Crippen LogP contribution in [-0.2, 0) is 9.53 Å². The first kappa shape index (κ1) is 23.2. The van der Waals surface area contributed by atoms with Crippen molar-refractivity contribution in [3.63, 3.8) is 0 Å². The van der Waals surface area contributed by atoms with E-state index >= 15 is 0 Å². The Kier molecular flexibility index (Phi) is 7.29. The van der Waals surface area contributed by atoms with Gasteiger partial charge in [-0.25, -0.2) is 4.79 Å². The number of carbonyl (C=O) groups excluding carboxylic acids is 1. The van der Waals surface area contributed by atoms with Gasteiger partial charge < -0.3 is 19.6 Å². The third-order valence-electron chi connectivity index (χ3n) is 5.01. The van der Waals surface area contributed by atoms with Gasteiger partial charge in [-0.1, -0.05) is 17.7 Å². The Morgan fingerprint density at radius 1 is 1.31 bits per heavy atom. The van der Waals surface area contributed by atoms with E-state index in [1.165, 1.54) is 6.42 Å². The lowest BCUT2D eigenvalue weighted by atomic mass is 9.82. The molecule has 1 aromatic rings. The van der Waals surface area contributed by atoms with Gasteiger partial charge in [-0.2, -0.15) is 13.2 Å². The molecule has 0 bridgehead atoms. The first-order chi connectivity index (χ1) is 13.4. The normalized spacial score (nSPS) is 20.7. The molecule has 0 saturated carbocycles. The molecule has 6 nitrogen and oxygen atoms in total. The van der Waals surface area contributed by atoms with Crippen molar-refractivity contribution in [2.75, 3.05) is 40.3 Å². The zero-order valence-corrected chi connectivity index (χ0v) is 16.8. The topological polar surface area (TPSA) is 70.1 Å². The number of halogens is 3. The van der Waals surface area contributed by atoms with Crippen molar-refractivity contribution < 1.29 is 32.6 Å². The van der Waals surface area contributed by atoms with Gasteiger partial charge in [-0.05, 0) is 51.9 Å². The molecule has 9 heteroatoms. The molecule has 1 aromatic carbocycles. The number of hydrogen-bond acceptors (Lipinski definition) is 4. The van der Waals surface area contributed by atoms with E-state index in [4.69, 9.17) is 14.6 Å². The Bertz CT molecular complexity index is 721. The molecule has 2 aliphatic heterocycles. The summed E-state index contributed by atoms with van der Waals surface area (Å²) in [6.07, 6.45) is -2.81. The smallest absolute Gasteiger partial charge is 0.475 e. The number of ether oxygens (including phenoxy) is 1. The Morgan fingerprint density at radius 3 is 2.38 bits per heavy atom. The van der Waals surface area contributed by atoms with Gasteiger partial charge >= 0.3 is 12.1 Å². The fourth-order valence-electron chi connectivity index (χ4n) is 3.58. The van der Waals surface area contributed by atoms with Gasteiger partial charge in [0.05, 0.1) is 19.7 Å². The Hall–Kier alpha value is -2.13. The molecular weight excluding hydrogens is 389 g/mol. The summed E-state index contributed by atoms with van der Waals surface area (Å²) in [4.78, 5) is 25.5. The van der Waals surface area contributed by atoms with Crippen molar-refractivity contribution in [3.05, 3.63) is 35.4 Å². The fraction of sp³-hybridized carbons (Fsp3) is 0.600. The van der Waals surface area contributed by atoms with Gasteiger partial charge in [0, 0.05) is 12.1 Å².